The van der Waals surface area contributed by atoms with Crippen LogP contribution in [0.25, 0.3) is 0 Å². The van der Waals surface area contributed by atoms with Gasteiger partial charge >= 0.3 is 5.97 Å². The number of rotatable bonds is 7. The minimum absolute atomic E-state index is 0.122. The van der Waals surface area contributed by atoms with Gasteiger partial charge in [0.05, 0.1) is 26.2 Å². The Balaban J connectivity index is 1.37. The Morgan fingerprint density at radius 3 is 2.67 bits per heavy atom. The van der Waals surface area contributed by atoms with Gasteiger partial charge in [0.1, 0.15) is 6.10 Å². The minimum Gasteiger partial charge on any atom is -0.474 e. The van der Waals surface area contributed by atoms with E-state index in [1.54, 1.807) is 6.20 Å². The fraction of sp³-hybridized carbons (Fsp3) is 0.714. The Bertz CT molecular complexity index is 644. The van der Waals surface area contributed by atoms with Gasteiger partial charge in [-0.2, -0.15) is 0 Å². The maximum absolute atomic E-state index is 12.0. The standard InChI is InChI=1S/C21H29NO5/c1-2-24-20(23)14-18(15-3-4-15)16-7-10-22-19(13-16)27-17-5-8-21(9-6-17)25-11-12-26-21/h7,10,13,15,17-18H,2-6,8-9,11-12,14H2,1H3. The zero-order valence-corrected chi connectivity index (χ0v) is 16.0. The molecule has 1 saturated heterocycles. The Kier molecular flexibility index (Phi) is 5.64. The van der Waals surface area contributed by atoms with Crippen LogP contribution >= 0.6 is 0 Å². The number of pyridine rings is 1. The van der Waals surface area contributed by atoms with E-state index in [4.69, 9.17) is 18.9 Å². The predicted molar refractivity (Wildman–Crippen MR) is 98.5 cm³/mol. The van der Waals surface area contributed by atoms with Gasteiger partial charge in [-0.15, -0.1) is 0 Å². The van der Waals surface area contributed by atoms with Crippen LogP contribution in [0, 0.1) is 5.92 Å². The second-order valence-electron chi connectivity index (χ2n) is 7.81. The van der Waals surface area contributed by atoms with Gasteiger partial charge in [-0.3, -0.25) is 4.79 Å². The van der Waals surface area contributed by atoms with Gasteiger partial charge in [-0.25, -0.2) is 4.98 Å². The van der Waals surface area contributed by atoms with E-state index in [1.165, 1.54) is 12.8 Å². The van der Waals surface area contributed by atoms with Crippen LogP contribution in [0.5, 0.6) is 5.88 Å². The first-order chi connectivity index (χ1) is 13.2. The average Bonchev–Trinajstić information content (AvgIpc) is 3.42. The van der Waals surface area contributed by atoms with Crippen molar-refractivity contribution in [2.75, 3.05) is 19.8 Å². The highest BCUT2D eigenvalue weighted by molar-refractivity contribution is 5.70. The van der Waals surface area contributed by atoms with Crippen molar-refractivity contribution in [2.24, 2.45) is 5.92 Å². The van der Waals surface area contributed by atoms with E-state index in [0.717, 1.165) is 31.2 Å². The summed E-state index contributed by atoms with van der Waals surface area (Å²) >= 11 is 0. The molecule has 2 aliphatic carbocycles. The van der Waals surface area contributed by atoms with E-state index in [1.807, 2.05) is 19.1 Å². The van der Waals surface area contributed by atoms with Crippen molar-refractivity contribution in [1.82, 2.24) is 4.98 Å². The van der Waals surface area contributed by atoms with Gasteiger partial charge in [0.2, 0.25) is 5.88 Å². The molecule has 3 fully saturated rings. The van der Waals surface area contributed by atoms with Gasteiger partial charge in [-0.1, -0.05) is 0 Å². The van der Waals surface area contributed by atoms with E-state index in [0.29, 0.717) is 38.0 Å². The second kappa shape index (κ2) is 8.15. The van der Waals surface area contributed by atoms with E-state index >= 15 is 0 Å². The molecule has 0 amide bonds. The number of carbonyl (C=O) groups is 1. The van der Waals surface area contributed by atoms with E-state index in [9.17, 15) is 4.79 Å². The van der Waals surface area contributed by atoms with Crippen molar-refractivity contribution in [3.8, 4) is 5.88 Å². The van der Waals surface area contributed by atoms with Gasteiger partial charge in [-0.05, 0) is 56.1 Å². The third-order valence-corrected chi connectivity index (χ3v) is 5.87. The Morgan fingerprint density at radius 1 is 1.26 bits per heavy atom. The van der Waals surface area contributed by atoms with E-state index in [2.05, 4.69) is 4.98 Å². The van der Waals surface area contributed by atoms with Crippen LogP contribution in [-0.2, 0) is 19.0 Å². The molecule has 2 saturated carbocycles. The van der Waals surface area contributed by atoms with Crippen molar-refractivity contribution in [3.63, 3.8) is 0 Å². The monoisotopic (exact) mass is 375 g/mol. The first-order valence-electron chi connectivity index (χ1n) is 10.2. The molecule has 1 atom stereocenters. The minimum atomic E-state index is -0.369. The van der Waals surface area contributed by atoms with Crippen molar-refractivity contribution in [2.45, 2.75) is 69.7 Å². The van der Waals surface area contributed by atoms with Crippen LogP contribution in [-0.4, -0.2) is 42.7 Å². The summed E-state index contributed by atoms with van der Waals surface area (Å²) in [6, 6.07) is 4.01. The molecule has 1 aromatic rings. The lowest BCUT2D eigenvalue weighted by Crippen LogP contribution is -2.38. The maximum Gasteiger partial charge on any atom is 0.306 e. The fourth-order valence-corrected chi connectivity index (χ4v) is 4.28. The quantitative estimate of drug-likeness (QED) is 0.679. The highest BCUT2D eigenvalue weighted by Gasteiger charge is 2.41. The lowest BCUT2D eigenvalue weighted by Gasteiger charge is -2.35. The van der Waals surface area contributed by atoms with Gasteiger partial charge in [0.15, 0.2) is 5.79 Å². The molecule has 2 heterocycles. The summed E-state index contributed by atoms with van der Waals surface area (Å²) in [5, 5.41) is 0. The Hall–Kier alpha value is -1.66. The molecule has 6 nitrogen and oxygen atoms in total. The molecule has 1 aromatic heterocycles. The molecule has 4 rings (SSSR count). The molecule has 3 aliphatic rings. The molecule has 148 valence electrons. The molecular weight excluding hydrogens is 346 g/mol. The summed E-state index contributed by atoms with van der Waals surface area (Å²) < 4.78 is 22.9. The smallest absolute Gasteiger partial charge is 0.306 e. The Labute approximate surface area is 160 Å². The maximum atomic E-state index is 12.0. The number of esters is 1. The Morgan fingerprint density at radius 2 is 2.00 bits per heavy atom. The molecule has 0 aromatic carbocycles. The molecule has 27 heavy (non-hydrogen) atoms. The second-order valence-corrected chi connectivity index (χ2v) is 7.81. The first kappa shape index (κ1) is 18.7. The van der Waals surface area contributed by atoms with Crippen LogP contribution in [0.3, 0.4) is 0 Å². The number of aromatic nitrogens is 1. The zero-order valence-electron chi connectivity index (χ0n) is 16.0. The van der Waals surface area contributed by atoms with Crippen LogP contribution < -0.4 is 4.74 Å². The normalized spacial score (nSPS) is 23.3. The average molecular weight is 375 g/mol. The predicted octanol–water partition coefficient (Wildman–Crippen LogP) is 3.59. The molecule has 0 N–H and O–H groups in total. The number of nitrogens with zero attached hydrogens (tertiary/aromatic N) is 1. The van der Waals surface area contributed by atoms with Crippen LogP contribution in [0.1, 0.15) is 63.4 Å². The fourth-order valence-electron chi connectivity index (χ4n) is 4.28. The highest BCUT2D eigenvalue weighted by Crippen LogP contribution is 2.45. The molecule has 6 heteroatoms. The first-order valence-corrected chi connectivity index (χ1v) is 10.2. The summed E-state index contributed by atoms with van der Waals surface area (Å²) in [6.45, 7) is 3.66. The SMILES string of the molecule is CCOC(=O)CC(c1ccnc(OC2CCC3(CC2)OCCO3)c1)C1CC1. The van der Waals surface area contributed by atoms with Gasteiger partial charge < -0.3 is 18.9 Å². The number of hydrogen-bond acceptors (Lipinski definition) is 6. The molecule has 0 radical (unpaired) electrons. The lowest BCUT2D eigenvalue weighted by molar-refractivity contribution is -0.186. The van der Waals surface area contributed by atoms with E-state index in [-0.39, 0.29) is 23.8 Å². The third-order valence-electron chi connectivity index (χ3n) is 5.87. The van der Waals surface area contributed by atoms with Crippen molar-refractivity contribution >= 4 is 5.97 Å². The summed E-state index contributed by atoms with van der Waals surface area (Å²) in [6.07, 6.45) is 8.25. The molecular formula is C21H29NO5. The van der Waals surface area contributed by atoms with Gasteiger partial charge in [0.25, 0.3) is 0 Å². The molecule has 1 unspecified atom stereocenters. The van der Waals surface area contributed by atoms with Gasteiger partial charge in [0, 0.05) is 25.1 Å². The molecule has 1 spiro atoms. The molecule has 1 aliphatic heterocycles. The number of ether oxygens (including phenoxy) is 4. The number of carbonyl (C=O) groups excluding carboxylic acids is 1. The number of hydrogen-bond donors (Lipinski definition) is 0. The largest absolute Gasteiger partial charge is 0.474 e. The third kappa shape index (κ3) is 4.61. The lowest BCUT2D eigenvalue weighted by atomic mass is 9.91. The topological polar surface area (TPSA) is 66.9 Å². The summed E-state index contributed by atoms with van der Waals surface area (Å²) in [7, 11) is 0. The van der Waals surface area contributed by atoms with Crippen LogP contribution in [0.4, 0.5) is 0 Å². The zero-order chi connectivity index (χ0) is 18.7. The van der Waals surface area contributed by atoms with Crippen molar-refractivity contribution in [3.05, 3.63) is 23.9 Å². The van der Waals surface area contributed by atoms with Crippen molar-refractivity contribution < 1.29 is 23.7 Å². The van der Waals surface area contributed by atoms with Crippen molar-refractivity contribution in [1.29, 1.82) is 0 Å². The van der Waals surface area contributed by atoms with E-state index < -0.39 is 0 Å². The molecule has 0 bridgehead atoms. The summed E-state index contributed by atoms with van der Waals surface area (Å²) in [5.41, 5.74) is 1.13. The van der Waals surface area contributed by atoms with Crippen LogP contribution in [0.15, 0.2) is 18.3 Å². The summed E-state index contributed by atoms with van der Waals surface area (Å²) in [4.78, 5) is 16.4. The van der Waals surface area contributed by atoms with Crippen LogP contribution in [0.2, 0.25) is 0 Å². The highest BCUT2D eigenvalue weighted by atomic mass is 16.7. The summed E-state index contributed by atoms with van der Waals surface area (Å²) in [5.74, 6) is 0.922.